The number of hydrogen-bond acceptors (Lipinski definition) is 3. The highest BCUT2D eigenvalue weighted by molar-refractivity contribution is 9.10. The van der Waals surface area contributed by atoms with Crippen LogP contribution >= 0.6 is 15.9 Å². The maximum absolute atomic E-state index is 5.67. The molecule has 2 rings (SSSR count). The van der Waals surface area contributed by atoms with Crippen molar-refractivity contribution < 1.29 is 4.42 Å². The molecule has 0 saturated heterocycles. The van der Waals surface area contributed by atoms with Crippen molar-refractivity contribution in [3.05, 3.63) is 40.8 Å². The van der Waals surface area contributed by atoms with Crippen LogP contribution in [0, 0.1) is 0 Å². The number of rotatable bonds is 2. The molecule has 1 aromatic carbocycles. The number of benzene rings is 1. The SMILES string of the molecule is C[C@H](N)c1ncc(-c2ccc(Br)cc2)o1. The van der Waals surface area contributed by atoms with Crippen molar-refractivity contribution in [2.75, 3.05) is 0 Å². The molecule has 15 heavy (non-hydrogen) atoms. The van der Waals surface area contributed by atoms with Gasteiger partial charge in [-0.3, -0.25) is 0 Å². The summed E-state index contributed by atoms with van der Waals surface area (Å²) < 4.78 is 6.56. The van der Waals surface area contributed by atoms with Crippen molar-refractivity contribution >= 4 is 15.9 Å². The minimum atomic E-state index is -0.172. The highest BCUT2D eigenvalue weighted by atomic mass is 79.9. The second-order valence-electron chi connectivity index (χ2n) is 3.36. The molecule has 0 radical (unpaired) electrons. The number of aromatic nitrogens is 1. The zero-order chi connectivity index (χ0) is 10.8. The van der Waals surface area contributed by atoms with Gasteiger partial charge in [0.2, 0.25) is 5.89 Å². The van der Waals surface area contributed by atoms with Crippen LogP contribution in [0.1, 0.15) is 18.9 Å². The highest BCUT2D eigenvalue weighted by Crippen LogP contribution is 2.23. The highest BCUT2D eigenvalue weighted by Gasteiger charge is 2.09. The number of halogens is 1. The van der Waals surface area contributed by atoms with E-state index in [0.29, 0.717) is 5.89 Å². The first kappa shape index (κ1) is 10.4. The normalized spacial score (nSPS) is 12.7. The predicted molar refractivity (Wildman–Crippen MR) is 62.2 cm³/mol. The third-order valence-electron chi connectivity index (χ3n) is 2.04. The molecule has 4 heteroatoms. The molecule has 1 heterocycles. The topological polar surface area (TPSA) is 52.0 Å². The Balaban J connectivity index is 2.33. The third-order valence-corrected chi connectivity index (χ3v) is 2.57. The van der Waals surface area contributed by atoms with E-state index in [-0.39, 0.29) is 6.04 Å². The summed E-state index contributed by atoms with van der Waals surface area (Å²) >= 11 is 3.38. The van der Waals surface area contributed by atoms with Crippen LogP contribution in [-0.2, 0) is 0 Å². The van der Waals surface area contributed by atoms with E-state index in [4.69, 9.17) is 10.2 Å². The van der Waals surface area contributed by atoms with Gasteiger partial charge < -0.3 is 10.2 Å². The van der Waals surface area contributed by atoms with Crippen LogP contribution in [0.15, 0.2) is 39.4 Å². The van der Waals surface area contributed by atoms with Gasteiger partial charge in [-0.25, -0.2) is 4.98 Å². The lowest BCUT2D eigenvalue weighted by Gasteiger charge is -1.98. The fourth-order valence-electron chi connectivity index (χ4n) is 1.25. The summed E-state index contributed by atoms with van der Waals surface area (Å²) in [6.45, 7) is 1.84. The van der Waals surface area contributed by atoms with Crippen molar-refractivity contribution in [2.24, 2.45) is 5.73 Å². The van der Waals surface area contributed by atoms with E-state index in [0.717, 1.165) is 15.8 Å². The van der Waals surface area contributed by atoms with Gasteiger partial charge in [-0.15, -0.1) is 0 Å². The summed E-state index contributed by atoms with van der Waals surface area (Å²) in [5.41, 5.74) is 6.66. The largest absolute Gasteiger partial charge is 0.439 e. The Bertz CT molecular complexity index is 448. The smallest absolute Gasteiger partial charge is 0.211 e. The van der Waals surface area contributed by atoms with Crippen LogP contribution in [0.2, 0.25) is 0 Å². The molecule has 0 amide bonds. The Hall–Kier alpha value is -1.13. The third kappa shape index (κ3) is 2.27. The molecular formula is C11H11BrN2O. The Morgan fingerprint density at radius 1 is 1.33 bits per heavy atom. The molecule has 0 saturated carbocycles. The van der Waals surface area contributed by atoms with Gasteiger partial charge in [0.1, 0.15) is 0 Å². The summed E-state index contributed by atoms with van der Waals surface area (Å²) in [5, 5.41) is 0. The molecule has 0 fully saturated rings. The van der Waals surface area contributed by atoms with Crippen molar-refractivity contribution in [3.8, 4) is 11.3 Å². The molecule has 78 valence electrons. The van der Waals surface area contributed by atoms with E-state index in [1.54, 1.807) is 6.20 Å². The first-order valence-electron chi connectivity index (χ1n) is 4.64. The first-order chi connectivity index (χ1) is 7.16. The maximum atomic E-state index is 5.67. The molecule has 0 bridgehead atoms. The first-order valence-corrected chi connectivity index (χ1v) is 5.43. The van der Waals surface area contributed by atoms with Crippen LogP contribution in [0.3, 0.4) is 0 Å². The maximum Gasteiger partial charge on any atom is 0.211 e. The average Bonchev–Trinajstić information content (AvgIpc) is 2.68. The zero-order valence-electron chi connectivity index (χ0n) is 8.27. The van der Waals surface area contributed by atoms with Gasteiger partial charge in [0, 0.05) is 10.0 Å². The minimum absolute atomic E-state index is 0.172. The van der Waals surface area contributed by atoms with Crippen LogP contribution in [0.25, 0.3) is 11.3 Å². The molecule has 0 unspecified atom stereocenters. The Morgan fingerprint density at radius 3 is 2.53 bits per heavy atom. The average molecular weight is 267 g/mol. The lowest BCUT2D eigenvalue weighted by atomic mass is 10.2. The number of nitrogens with zero attached hydrogens (tertiary/aromatic N) is 1. The van der Waals surface area contributed by atoms with Gasteiger partial charge >= 0.3 is 0 Å². The summed E-state index contributed by atoms with van der Waals surface area (Å²) in [7, 11) is 0. The Kier molecular flexibility index (Phi) is 2.88. The number of oxazole rings is 1. The van der Waals surface area contributed by atoms with Gasteiger partial charge in [-0.2, -0.15) is 0 Å². The fourth-order valence-corrected chi connectivity index (χ4v) is 1.51. The van der Waals surface area contributed by atoms with Crippen LogP contribution in [0.5, 0.6) is 0 Å². The zero-order valence-corrected chi connectivity index (χ0v) is 9.86. The van der Waals surface area contributed by atoms with E-state index < -0.39 is 0 Å². The van der Waals surface area contributed by atoms with Crippen molar-refractivity contribution in [1.29, 1.82) is 0 Å². The number of hydrogen-bond donors (Lipinski definition) is 1. The standard InChI is InChI=1S/C11H11BrN2O/c1-7(13)11-14-6-10(15-11)8-2-4-9(12)5-3-8/h2-7H,13H2,1H3/t7-/m0/s1. The molecular weight excluding hydrogens is 256 g/mol. The summed E-state index contributed by atoms with van der Waals surface area (Å²) in [4.78, 5) is 4.11. The molecule has 1 aromatic heterocycles. The van der Waals surface area contributed by atoms with E-state index in [2.05, 4.69) is 20.9 Å². The second kappa shape index (κ2) is 4.16. The van der Waals surface area contributed by atoms with E-state index >= 15 is 0 Å². The molecule has 2 N–H and O–H groups in total. The second-order valence-corrected chi connectivity index (χ2v) is 4.27. The van der Waals surface area contributed by atoms with Crippen LogP contribution in [-0.4, -0.2) is 4.98 Å². The lowest BCUT2D eigenvalue weighted by Crippen LogP contribution is -2.04. The van der Waals surface area contributed by atoms with Gasteiger partial charge in [0.15, 0.2) is 5.76 Å². The van der Waals surface area contributed by atoms with Gasteiger partial charge in [0.25, 0.3) is 0 Å². The van der Waals surface area contributed by atoms with Crippen molar-refractivity contribution in [3.63, 3.8) is 0 Å². The van der Waals surface area contributed by atoms with Crippen molar-refractivity contribution in [1.82, 2.24) is 4.98 Å². The Morgan fingerprint density at radius 2 is 2.00 bits per heavy atom. The van der Waals surface area contributed by atoms with Gasteiger partial charge in [0.05, 0.1) is 12.2 Å². The molecule has 1 atom stereocenters. The summed E-state index contributed by atoms with van der Waals surface area (Å²) in [6.07, 6.45) is 1.70. The quantitative estimate of drug-likeness (QED) is 0.909. The molecule has 0 aliphatic heterocycles. The fraction of sp³-hybridized carbons (Fsp3) is 0.182. The van der Waals surface area contributed by atoms with Crippen LogP contribution in [0.4, 0.5) is 0 Å². The minimum Gasteiger partial charge on any atom is -0.439 e. The lowest BCUT2D eigenvalue weighted by molar-refractivity contribution is 0.473. The molecule has 3 nitrogen and oxygen atoms in total. The summed E-state index contributed by atoms with van der Waals surface area (Å²) in [5.74, 6) is 1.31. The van der Waals surface area contributed by atoms with Crippen LogP contribution < -0.4 is 5.73 Å². The molecule has 0 aliphatic rings. The van der Waals surface area contributed by atoms with E-state index in [1.807, 2.05) is 31.2 Å². The Labute approximate surface area is 96.4 Å². The molecule has 0 aliphatic carbocycles. The summed E-state index contributed by atoms with van der Waals surface area (Å²) in [6, 6.07) is 7.69. The van der Waals surface area contributed by atoms with Crippen molar-refractivity contribution in [2.45, 2.75) is 13.0 Å². The molecule has 2 aromatic rings. The number of nitrogens with two attached hydrogens (primary N) is 1. The molecule has 0 spiro atoms. The van der Waals surface area contributed by atoms with E-state index in [9.17, 15) is 0 Å². The monoisotopic (exact) mass is 266 g/mol. The van der Waals surface area contributed by atoms with E-state index in [1.165, 1.54) is 0 Å². The predicted octanol–water partition coefficient (Wildman–Crippen LogP) is 3.12. The van der Waals surface area contributed by atoms with Gasteiger partial charge in [-0.05, 0) is 19.1 Å². The van der Waals surface area contributed by atoms with Gasteiger partial charge in [-0.1, -0.05) is 28.1 Å².